The van der Waals surface area contributed by atoms with Gasteiger partial charge in [0.05, 0.1) is 17.1 Å². The molecule has 0 saturated heterocycles. The second-order valence-corrected chi connectivity index (χ2v) is 5.37. The highest BCUT2D eigenvalue weighted by Gasteiger charge is 2.22. The van der Waals surface area contributed by atoms with Crippen LogP contribution in [0.25, 0.3) is 0 Å². The Morgan fingerprint density at radius 2 is 2.00 bits per heavy atom. The maximum Gasteiger partial charge on any atom is 0.0928 e. The van der Waals surface area contributed by atoms with Gasteiger partial charge in [-0.3, -0.25) is 0 Å². The van der Waals surface area contributed by atoms with Crippen LogP contribution in [-0.2, 0) is 0 Å². The van der Waals surface area contributed by atoms with Gasteiger partial charge in [0.15, 0.2) is 0 Å². The van der Waals surface area contributed by atoms with E-state index in [0.717, 1.165) is 37.1 Å². The molecule has 3 nitrogen and oxygen atoms in total. The maximum absolute atomic E-state index is 9.41. The Kier molecular flexibility index (Phi) is 5.66. The molecule has 0 bridgehead atoms. The standard InChI is InChI=1S/C12H24N2OS/c1-3-8(2)11(13)12(16)14-9-4-6-10(15)7-5-9/h8-11,15H,3-7,13H2,1-2H3,(H,14,16)/t8?,9?,10?,11-/m0/s1. The lowest BCUT2D eigenvalue weighted by Gasteiger charge is -2.29. The fraction of sp³-hybridized carbons (Fsp3) is 0.917. The van der Waals surface area contributed by atoms with Crippen LogP contribution in [0.5, 0.6) is 0 Å². The van der Waals surface area contributed by atoms with Gasteiger partial charge in [0.1, 0.15) is 0 Å². The highest BCUT2D eigenvalue weighted by Crippen LogP contribution is 2.19. The van der Waals surface area contributed by atoms with Crippen molar-refractivity contribution in [1.29, 1.82) is 0 Å². The Hall–Kier alpha value is -0.190. The van der Waals surface area contributed by atoms with Crippen molar-refractivity contribution >= 4 is 17.2 Å². The predicted molar refractivity (Wildman–Crippen MR) is 71.4 cm³/mol. The molecular formula is C12H24N2OS. The molecule has 4 N–H and O–H groups in total. The summed E-state index contributed by atoms with van der Waals surface area (Å²) in [5, 5.41) is 12.8. The number of hydrogen-bond donors (Lipinski definition) is 3. The van der Waals surface area contributed by atoms with Crippen LogP contribution in [0.3, 0.4) is 0 Å². The molecule has 0 spiro atoms. The minimum absolute atomic E-state index is 0.0353. The van der Waals surface area contributed by atoms with Crippen molar-refractivity contribution in [1.82, 2.24) is 5.32 Å². The molecule has 1 saturated carbocycles. The smallest absolute Gasteiger partial charge is 0.0928 e. The number of aliphatic hydroxyl groups excluding tert-OH is 1. The van der Waals surface area contributed by atoms with Crippen molar-refractivity contribution in [2.24, 2.45) is 11.7 Å². The highest BCUT2D eigenvalue weighted by atomic mass is 32.1. The molecule has 0 aromatic rings. The summed E-state index contributed by atoms with van der Waals surface area (Å²) < 4.78 is 0. The average molecular weight is 244 g/mol. The van der Waals surface area contributed by atoms with Crippen LogP contribution in [0, 0.1) is 5.92 Å². The van der Waals surface area contributed by atoms with Crippen molar-refractivity contribution in [2.75, 3.05) is 0 Å². The molecule has 1 fully saturated rings. The zero-order valence-electron chi connectivity index (χ0n) is 10.3. The van der Waals surface area contributed by atoms with Gasteiger partial charge < -0.3 is 16.2 Å². The molecular weight excluding hydrogens is 220 g/mol. The largest absolute Gasteiger partial charge is 0.393 e. The molecule has 1 rings (SSSR count). The van der Waals surface area contributed by atoms with Gasteiger partial charge in [-0.2, -0.15) is 0 Å². The fourth-order valence-corrected chi connectivity index (χ4v) is 2.43. The first-order valence-corrected chi connectivity index (χ1v) is 6.69. The summed E-state index contributed by atoms with van der Waals surface area (Å²) in [6, 6.07) is 0.373. The number of hydrogen-bond acceptors (Lipinski definition) is 3. The Bertz CT molecular complexity index is 227. The summed E-state index contributed by atoms with van der Waals surface area (Å²) in [5.41, 5.74) is 6.06. The Morgan fingerprint density at radius 3 is 2.50 bits per heavy atom. The first-order valence-electron chi connectivity index (χ1n) is 6.28. The second kappa shape index (κ2) is 6.52. The topological polar surface area (TPSA) is 58.3 Å². The first kappa shape index (κ1) is 13.9. The highest BCUT2D eigenvalue weighted by molar-refractivity contribution is 7.80. The van der Waals surface area contributed by atoms with Crippen molar-refractivity contribution in [3.8, 4) is 0 Å². The van der Waals surface area contributed by atoms with E-state index in [2.05, 4.69) is 19.2 Å². The monoisotopic (exact) mass is 244 g/mol. The van der Waals surface area contributed by atoms with Gasteiger partial charge in [-0.1, -0.05) is 32.5 Å². The van der Waals surface area contributed by atoms with Crippen LogP contribution in [0.2, 0.25) is 0 Å². The third-order valence-corrected chi connectivity index (χ3v) is 3.99. The van der Waals surface area contributed by atoms with Gasteiger partial charge in [0, 0.05) is 6.04 Å². The first-order chi connectivity index (χ1) is 7.54. The van der Waals surface area contributed by atoms with Gasteiger partial charge in [0.25, 0.3) is 0 Å². The predicted octanol–water partition coefficient (Wildman–Crippen LogP) is 1.58. The summed E-state index contributed by atoms with van der Waals surface area (Å²) in [4.78, 5) is 0.788. The van der Waals surface area contributed by atoms with Gasteiger partial charge in [-0.25, -0.2) is 0 Å². The molecule has 16 heavy (non-hydrogen) atoms. The number of thiocarbonyl (C=S) groups is 1. The van der Waals surface area contributed by atoms with Crippen LogP contribution < -0.4 is 11.1 Å². The van der Waals surface area contributed by atoms with E-state index in [4.69, 9.17) is 18.0 Å². The van der Waals surface area contributed by atoms with E-state index < -0.39 is 0 Å². The van der Waals surface area contributed by atoms with E-state index in [1.54, 1.807) is 0 Å². The summed E-state index contributed by atoms with van der Waals surface area (Å²) in [7, 11) is 0. The SMILES string of the molecule is CCC(C)[C@H](N)C(=S)NC1CCC(O)CC1. The lowest BCUT2D eigenvalue weighted by Crippen LogP contribution is -2.48. The summed E-state index contributed by atoms with van der Waals surface area (Å²) in [5.74, 6) is 0.425. The van der Waals surface area contributed by atoms with Crippen molar-refractivity contribution in [2.45, 2.75) is 64.1 Å². The van der Waals surface area contributed by atoms with Crippen LogP contribution in [-0.4, -0.2) is 28.3 Å². The summed E-state index contributed by atoms with van der Waals surface area (Å²) in [6.45, 7) is 4.26. The van der Waals surface area contributed by atoms with Crippen LogP contribution in [0.1, 0.15) is 46.0 Å². The van der Waals surface area contributed by atoms with Gasteiger partial charge in [-0.05, 0) is 31.6 Å². The number of nitrogens with one attached hydrogen (secondary N) is 1. The third-order valence-electron chi connectivity index (χ3n) is 3.60. The van der Waals surface area contributed by atoms with Crippen LogP contribution in [0.15, 0.2) is 0 Å². The van der Waals surface area contributed by atoms with Crippen LogP contribution in [0.4, 0.5) is 0 Å². The van der Waals surface area contributed by atoms with E-state index >= 15 is 0 Å². The van der Waals surface area contributed by atoms with E-state index in [1.807, 2.05) is 0 Å². The lowest BCUT2D eigenvalue weighted by atomic mass is 9.92. The molecule has 1 aliphatic carbocycles. The van der Waals surface area contributed by atoms with Gasteiger partial charge >= 0.3 is 0 Å². The van der Waals surface area contributed by atoms with Crippen molar-refractivity contribution in [3.05, 3.63) is 0 Å². The molecule has 1 aliphatic rings. The number of nitrogens with two attached hydrogens (primary N) is 1. The quantitative estimate of drug-likeness (QED) is 0.657. The van der Waals surface area contributed by atoms with E-state index in [9.17, 15) is 5.11 Å². The third kappa shape index (κ3) is 4.00. The molecule has 0 radical (unpaired) electrons. The summed E-state index contributed by atoms with van der Waals surface area (Å²) >= 11 is 5.33. The molecule has 4 heteroatoms. The second-order valence-electron chi connectivity index (χ2n) is 4.93. The number of rotatable bonds is 4. The normalized spacial score (nSPS) is 29.5. The fourth-order valence-electron chi connectivity index (χ4n) is 2.03. The maximum atomic E-state index is 9.41. The molecule has 1 unspecified atom stereocenters. The Balaban J connectivity index is 2.33. The zero-order valence-corrected chi connectivity index (χ0v) is 11.1. The summed E-state index contributed by atoms with van der Waals surface area (Å²) in [6.07, 6.45) is 4.67. The van der Waals surface area contributed by atoms with Crippen LogP contribution >= 0.6 is 12.2 Å². The van der Waals surface area contributed by atoms with Crippen molar-refractivity contribution in [3.63, 3.8) is 0 Å². The van der Waals surface area contributed by atoms with Gasteiger partial charge in [0.2, 0.25) is 0 Å². The number of aliphatic hydroxyl groups is 1. The van der Waals surface area contributed by atoms with E-state index in [-0.39, 0.29) is 12.1 Å². The molecule has 0 aliphatic heterocycles. The molecule has 2 atom stereocenters. The molecule has 94 valence electrons. The van der Waals surface area contributed by atoms with E-state index in [0.29, 0.717) is 12.0 Å². The molecule has 0 aromatic heterocycles. The Labute approximate surface area is 104 Å². The minimum atomic E-state index is -0.116. The lowest BCUT2D eigenvalue weighted by molar-refractivity contribution is 0.120. The molecule has 0 amide bonds. The molecule has 0 heterocycles. The minimum Gasteiger partial charge on any atom is -0.393 e. The van der Waals surface area contributed by atoms with Gasteiger partial charge in [-0.15, -0.1) is 0 Å². The Morgan fingerprint density at radius 1 is 1.44 bits per heavy atom. The van der Waals surface area contributed by atoms with Crippen molar-refractivity contribution < 1.29 is 5.11 Å². The molecule has 0 aromatic carbocycles. The van der Waals surface area contributed by atoms with E-state index in [1.165, 1.54) is 0 Å². The zero-order chi connectivity index (χ0) is 12.1. The average Bonchev–Trinajstić information content (AvgIpc) is 2.30.